The van der Waals surface area contributed by atoms with Crippen molar-refractivity contribution in [2.45, 2.75) is 5.66 Å². The highest BCUT2D eigenvalue weighted by Gasteiger charge is 2.42. The van der Waals surface area contributed by atoms with E-state index in [0.29, 0.717) is 28.8 Å². The van der Waals surface area contributed by atoms with Gasteiger partial charge in [0.2, 0.25) is 5.95 Å². The van der Waals surface area contributed by atoms with E-state index in [9.17, 15) is 0 Å². The van der Waals surface area contributed by atoms with Crippen molar-refractivity contribution in [2.75, 3.05) is 38.1 Å². The van der Waals surface area contributed by atoms with E-state index >= 15 is 0 Å². The van der Waals surface area contributed by atoms with E-state index in [2.05, 4.69) is 30.5 Å². The number of nitrogens with zero attached hydrogens (tertiary/aromatic N) is 8. The summed E-state index contributed by atoms with van der Waals surface area (Å²) in [6.07, 6.45) is 3.45. The Morgan fingerprint density at radius 3 is 2.77 bits per heavy atom. The van der Waals surface area contributed by atoms with Crippen molar-refractivity contribution in [1.29, 1.82) is 0 Å². The summed E-state index contributed by atoms with van der Waals surface area (Å²) in [6.45, 7) is 3.44. The molecule has 0 radical (unpaired) electrons. The van der Waals surface area contributed by atoms with Crippen LogP contribution in [0.4, 0.5) is 11.6 Å². The number of benzene rings is 2. The smallest absolute Gasteiger partial charge is 0.225 e. The molecule has 2 aliphatic rings. The van der Waals surface area contributed by atoms with Gasteiger partial charge in [-0.3, -0.25) is 5.73 Å². The Hall–Kier alpha value is -4.09. The van der Waals surface area contributed by atoms with Crippen LogP contribution in [0.25, 0.3) is 11.0 Å². The van der Waals surface area contributed by atoms with E-state index in [0.717, 1.165) is 42.8 Å². The fourth-order valence-corrected chi connectivity index (χ4v) is 4.56. The molecule has 11 nitrogen and oxygen atoms in total. The zero-order chi connectivity index (χ0) is 24.0. The number of aromatic nitrogens is 5. The molecule has 1 unspecified atom stereocenters. The molecule has 3 N–H and O–H groups in total. The molecule has 178 valence electrons. The van der Waals surface area contributed by atoms with Gasteiger partial charge in [-0.2, -0.15) is 0 Å². The number of aryl methyl sites for hydroxylation is 1. The Morgan fingerprint density at radius 1 is 1.09 bits per heavy atom. The lowest BCUT2D eigenvalue weighted by Crippen LogP contribution is -2.54. The Bertz CT molecular complexity index is 1430. The maximum absolute atomic E-state index is 7.19. The summed E-state index contributed by atoms with van der Waals surface area (Å²) < 4.78 is 8.09. The number of ether oxygens (including phenoxy) is 1. The topological polar surface area (TPSA) is 123 Å². The fourth-order valence-electron chi connectivity index (χ4n) is 4.56. The van der Waals surface area contributed by atoms with Gasteiger partial charge in [-0.15, -0.1) is 5.10 Å². The van der Waals surface area contributed by atoms with Gasteiger partial charge in [0.05, 0.1) is 18.1 Å². The summed E-state index contributed by atoms with van der Waals surface area (Å²) in [4.78, 5) is 18.1. The molecule has 35 heavy (non-hydrogen) atoms. The van der Waals surface area contributed by atoms with E-state index in [1.54, 1.807) is 17.2 Å². The molecule has 4 heterocycles. The first kappa shape index (κ1) is 21.4. The largest absolute Gasteiger partial charge is 0.457 e. The van der Waals surface area contributed by atoms with Crippen molar-refractivity contribution in [3.8, 4) is 11.5 Å². The summed E-state index contributed by atoms with van der Waals surface area (Å²) in [6, 6.07) is 13.4. The highest BCUT2D eigenvalue weighted by Crippen LogP contribution is 2.42. The van der Waals surface area contributed by atoms with Gasteiger partial charge in [-0.1, -0.05) is 23.4 Å². The number of hydrogen-bond donors (Lipinski definition) is 2. The van der Waals surface area contributed by atoms with Crippen LogP contribution in [0.3, 0.4) is 0 Å². The highest BCUT2D eigenvalue weighted by atomic mass is 16.5. The second-order valence-electron chi connectivity index (χ2n) is 8.72. The van der Waals surface area contributed by atoms with Crippen molar-refractivity contribution in [3.63, 3.8) is 0 Å². The number of aliphatic imine (C=N–C) groups is 1. The molecule has 6 rings (SSSR count). The summed E-state index contributed by atoms with van der Waals surface area (Å²) in [5, 5.41) is 11.6. The third-order valence-electron chi connectivity index (χ3n) is 6.55. The molecular weight excluding hydrogens is 444 g/mol. The van der Waals surface area contributed by atoms with Crippen LogP contribution in [0.15, 0.2) is 53.7 Å². The van der Waals surface area contributed by atoms with Crippen LogP contribution in [0.5, 0.6) is 11.5 Å². The first-order chi connectivity index (χ1) is 17.0. The number of piperazine rings is 1. The van der Waals surface area contributed by atoms with Gasteiger partial charge >= 0.3 is 0 Å². The van der Waals surface area contributed by atoms with Gasteiger partial charge in [-0.05, 0) is 18.2 Å². The molecule has 2 aromatic carbocycles. The molecule has 1 fully saturated rings. The summed E-state index contributed by atoms with van der Waals surface area (Å²) in [5.41, 5.74) is 9.79. The van der Waals surface area contributed by atoms with Crippen LogP contribution in [-0.2, 0) is 12.7 Å². The molecule has 1 saturated heterocycles. The standard InChI is InChI=1S/C24H26N10O/c1-32-15-28-19-14-27-23(34-11-9-26-10-12-34)29-22(19)24(32,25)17-5-3-4-6-21(17)35-16-7-8-20-18(13-16)30-31-33(20)2/h3-8,13-15,26H,9-12,25H2,1-2H3. The molecule has 1 atom stereocenters. The maximum atomic E-state index is 7.19. The average molecular weight is 471 g/mol. The minimum Gasteiger partial charge on any atom is -0.457 e. The van der Waals surface area contributed by atoms with E-state index in [1.807, 2.05) is 61.5 Å². The summed E-state index contributed by atoms with van der Waals surface area (Å²) in [5.74, 6) is 1.91. The minimum atomic E-state index is -1.12. The van der Waals surface area contributed by atoms with Gasteiger partial charge in [-0.25, -0.2) is 19.6 Å². The second-order valence-corrected chi connectivity index (χ2v) is 8.72. The number of fused-ring (bicyclic) bond motifs is 2. The lowest BCUT2D eigenvalue weighted by molar-refractivity contribution is 0.259. The fraction of sp³-hybridized carbons (Fsp3) is 0.292. The Morgan fingerprint density at radius 2 is 1.91 bits per heavy atom. The van der Waals surface area contributed by atoms with Crippen molar-refractivity contribution < 1.29 is 4.74 Å². The van der Waals surface area contributed by atoms with Crippen molar-refractivity contribution in [2.24, 2.45) is 17.8 Å². The number of nitrogens with one attached hydrogen (secondary N) is 1. The highest BCUT2D eigenvalue weighted by molar-refractivity contribution is 5.76. The number of nitrogens with two attached hydrogens (primary N) is 1. The number of rotatable bonds is 4. The van der Waals surface area contributed by atoms with Crippen molar-refractivity contribution in [3.05, 3.63) is 59.9 Å². The third-order valence-corrected chi connectivity index (χ3v) is 6.55. The van der Waals surface area contributed by atoms with Gasteiger partial charge in [0.25, 0.3) is 0 Å². The SMILES string of the molecule is CN1C=Nc2cnc(N3CCNCC3)nc2C1(N)c1ccccc1Oc1ccc2c(c1)nnn2C. The van der Waals surface area contributed by atoms with Gasteiger partial charge in [0.1, 0.15) is 28.4 Å². The van der Waals surface area contributed by atoms with Crippen LogP contribution in [0.2, 0.25) is 0 Å². The number of anilines is 1. The minimum absolute atomic E-state index is 0.619. The molecule has 0 spiro atoms. The molecule has 4 aromatic rings. The Balaban J connectivity index is 1.43. The predicted octanol–water partition coefficient (Wildman–Crippen LogP) is 1.73. The molecule has 0 saturated carbocycles. The first-order valence-corrected chi connectivity index (χ1v) is 11.5. The molecule has 2 aliphatic heterocycles. The van der Waals surface area contributed by atoms with Gasteiger partial charge in [0.15, 0.2) is 5.66 Å². The van der Waals surface area contributed by atoms with Crippen LogP contribution in [0.1, 0.15) is 11.3 Å². The Labute approximate surface area is 202 Å². The Kier molecular flexibility index (Phi) is 5.08. The first-order valence-electron chi connectivity index (χ1n) is 11.5. The monoisotopic (exact) mass is 470 g/mol. The molecular formula is C24H26N10O. The number of hydrogen-bond acceptors (Lipinski definition) is 10. The van der Waals surface area contributed by atoms with Crippen molar-refractivity contribution in [1.82, 2.24) is 35.2 Å². The second kappa shape index (κ2) is 8.29. The van der Waals surface area contributed by atoms with E-state index in [-0.39, 0.29) is 0 Å². The normalized spacial score (nSPS) is 19.7. The molecule has 0 aliphatic carbocycles. The van der Waals surface area contributed by atoms with Crippen LogP contribution < -0.4 is 20.7 Å². The van der Waals surface area contributed by atoms with Crippen LogP contribution in [-0.4, -0.2) is 69.4 Å². The lowest BCUT2D eigenvalue weighted by Gasteiger charge is -2.41. The zero-order valence-corrected chi connectivity index (χ0v) is 19.6. The van der Waals surface area contributed by atoms with Crippen molar-refractivity contribution >= 4 is 29.0 Å². The summed E-state index contributed by atoms with van der Waals surface area (Å²) >= 11 is 0. The van der Waals surface area contributed by atoms with E-state index in [1.165, 1.54) is 0 Å². The van der Waals surface area contributed by atoms with E-state index in [4.69, 9.17) is 15.5 Å². The summed E-state index contributed by atoms with van der Waals surface area (Å²) in [7, 11) is 3.75. The molecule has 2 aromatic heterocycles. The molecule has 0 bridgehead atoms. The predicted molar refractivity (Wildman–Crippen MR) is 133 cm³/mol. The maximum Gasteiger partial charge on any atom is 0.225 e. The lowest BCUT2D eigenvalue weighted by atomic mass is 9.92. The zero-order valence-electron chi connectivity index (χ0n) is 19.6. The average Bonchev–Trinajstić information content (AvgIpc) is 3.27. The van der Waals surface area contributed by atoms with Crippen LogP contribution >= 0.6 is 0 Å². The van der Waals surface area contributed by atoms with Crippen LogP contribution in [0, 0.1) is 0 Å². The van der Waals surface area contributed by atoms with Gasteiger partial charge < -0.3 is 19.9 Å². The molecule has 0 amide bonds. The van der Waals surface area contributed by atoms with E-state index < -0.39 is 5.66 Å². The third kappa shape index (κ3) is 3.56. The van der Waals surface area contributed by atoms with Gasteiger partial charge in [0, 0.05) is 51.9 Å². The quantitative estimate of drug-likeness (QED) is 0.459. The molecule has 11 heteroatoms. The number of para-hydroxylation sites is 1.